The Labute approximate surface area is 123 Å². The van der Waals surface area contributed by atoms with Crippen molar-refractivity contribution in [2.45, 2.75) is 38.6 Å². The molecule has 4 atom stereocenters. The molecule has 21 heavy (non-hydrogen) atoms. The Hall–Kier alpha value is -1.91. The van der Waals surface area contributed by atoms with E-state index in [1.807, 2.05) is 0 Å². The maximum Gasteiger partial charge on any atom is 0.293 e. The van der Waals surface area contributed by atoms with Gasteiger partial charge in [-0.05, 0) is 56.1 Å². The third-order valence-electron chi connectivity index (χ3n) is 5.17. The molecule has 2 aliphatic carbocycles. The summed E-state index contributed by atoms with van der Waals surface area (Å²) in [5.74, 6) is 2.23. The van der Waals surface area contributed by atoms with Gasteiger partial charge in [0.05, 0.1) is 4.92 Å². The second-order valence-corrected chi connectivity index (χ2v) is 6.42. The lowest BCUT2D eigenvalue weighted by Crippen LogP contribution is -2.30. The number of rotatable bonds is 5. The maximum atomic E-state index is 11.2. The third-order valence-corrected chi connectivity index (χ3v) is 5.17. The van der Waals surface area contributed by atoms with Gasteiger partial charge < -0.3 is 5.32 Å². The Bertz CT molecular complexity index is 573. The Kier molecular flexibility index (Phi) is 3.66. The van der Waals surface area contributed by atoms with Gasteiger partial charge in [0.2, 0.25) is 0 Å². The van der Waals surface area contributed by atoms with Crippen LogP contribution in [-0.2, 0) is 0 Å². The van der Waals surface area contributed by atoms with Crippen LogP contribution in [0.4, 0.5) is 11.4 Å². The number of hydrogen-bond donors (Lipinski definition) is 1. The summed E-state index contributed by atoms with van der Waals surface area (Å²) < 4.78 is 0. The Morgan fingerprint density at radius 1 is 1.38 bits per heavy atom. The molecule has 0 saturated heterocycles. The second kappa shape index (κ2) is 5.47. The highest BCUT2D eigenvalue weighted by Gasteiger charge is 2.42. The predicted molar refractivity (Wildman–Crippen MR) is 80.5 cm³/mol. The molecule has 0 aromatic heterocycles. The summed E-state index contributed by atoms with van der Waals surface area (Å²) in [6, 6.07) is 4.82. The van der Waals surface area contributed by atoms with E-state index in [0.29, 0.717) is 23.5 Å². The fraction of sp³-hybridized carbons (Fsp3) is 0.562. The molecule has 0 radical (unpaired) electrons. The predicted octanol–water partition coefficient (Wildman–Crippen LogP) is 3.64. The Morgan fingerprint density at radius 3 is 2.76 bits per heavy atom. The number of fused-ring (bicyclic) bond motifs is 2. The molecule has 0 amide bonds. The number of benzene rings is 1. The van der Waals surface area contributed by atoms with Gasteiger partial charge >= 0.3 is 0 Å². The number of nitro benzene ring substituents is 1. The van der Waals surface area contributed by atoms with Gasteiger partial charge in [0.1, 0.15) is 12.0 Å². The number of nitrogens with zero attached hydrogens (tertiary/aromatic N) is 1. The summed E-state index contributed by atoms with van der Waals surface area (Å²) >= 11 is 0. The highest BCUT2D eigenvalue weighted by atomic mass is 16.6. The molecule has 1 aromatic rings. The van der Waals surface area contributed by atoms with Crippen molar-refractivity contribution in [2.75, 3.05) is 5.32 Å². The quantitative estimate of drug-likeness (QED) is 0.510. The van der Waals surface area contributed by atoms with E-state index in [4.69, 9.17) is 0 Å². The molecule has 0 heterocycles. The van der Waals surface area contributed by atoms with E-state index in [1.165, 1.54) is 31.7 Å². The summed E-state index contributed by atoms with van der Waals surface area (Å²) in [6.45, 7) is 2.11. The van der Waals surface area contributed by atoms with Gasteiger partial charge in [-0.25, -0.2) is 0 Å². The fourth-order valence-corrected chi connectivity index (χ4v) is 4.15. The SMILES string of the molecule is CC(Nc1ccc(C=O)cc1[N+](=O)[O-])C1CC2CCC1C2. The molecule has 4 unspecified atom stereocenters. The van der Waals surface area contributed by atoms with Crippen molar-refractivity contribution >= 4 is 17.7 Å². The minimum Gasteiger partial charge on any atom is -0.377 e. The summed E-state index contributed by atoms with van der Waals surface area (Å²) in [7, 11) is 0. The molecule has 2 aliphatic rings. The van der Waals surface area contributed by atoms with Gasteiger partial charge in [-0.2, -0.15) is 0 Å². The number of nitro groups is 1. The van der Waals surface area contributed by atoms with Gasteiger partial charge in [0.15, 0.2) is 0 Å². The molecule has 5 nitrogen and oxygen atoms in total. The van der Waals surface area contributed by atoms with Gasteiger partial charge in [-0.1, -0.05) is 6.42 Å². The average molecular weight is 288 g/mol. The molecule has 5 heteroatoms. The van der Waals surface area contributed by atoms with Crippen molar-refractivity contribution in [3.63, 3.8) is 0 Å². The molecular formula is C16H20N2O3. The van der Waals surface area contributed by atoms with Crippen LogP contribution < -0.4 is 5.32 Å². The van der Waals surface area contributed by atoms with E-state index < -0.39 is 4.92 Å². The molecule has 2 fully saturated rings. The van der Waals surface area contributed by atoms with Crippen molar-refractivity contribution in [1.82, 2.24) is 0 Å². The lowest BCUT2D eigenvalue weighted by molar-refractivity contribution is -0.384. The summed E-state index contributed by atoms with van der Waals surface area (Å²) in [5.41, 5.74) is 0.829. The van der Waals surface area contributed by atoms with Crippen LogP contribution >= 0.6 is 0 Å². The first kappa shape index (κ1) is 14.0. The monoisotopic (exact) mass is 288 g/mol. The molecule has 2 bridgehead atoms. The maximum absolute atomic E-state index is 11.2. The number of hydrogen-bond acceptors (Lipinski definition) is 4. The molecule has 3 rings (SSSR count). The average Bonchev–Trinajstić information content (AvgIpc) is 3.10. The van der Waals surface area contributed by atoms with Crippen molar-refractivity contribution in [1.29, 1.82) is 0 Å². The zero-order chi connectivity index (χ0) is 15.0. The van der Waals surface area contributed by atoms with E-state index in [9.17, 15) is 14.9 Å². The van der Waals surface area contributed by atoms with Crippen LogP contribution in [0.2, 0.25) is 0 Å². The van der Waals surface area contributed by atoms with Gasteiger partial charge in [0, 0.05) is 17.7 Å². The zero-order valence-corrected chi connectivity index (χ0v) is 12.1. The number of nitrogens with one attached hydrogen (secondary N) is 1. The zero-order valence-electron chi connectivity index (χ0n) is 12.1. The van der Waals surface area contributed by atoms with Crippen LogP contribution in [-0.4, -0.2) is 17.3 Å². The smallest absolute Gasteiger partial charge is 0.293 e. The molecule has 0 spiro atoms. The Balaban J connectivity index is 1.77. The molecule has 1 aromatic carbocycles. The van der Waals surface area contributed by atoms with E-state index >= 15 is 0 Å². The van der Waals surface area contributed by atoms with Crippen LogP contribution in [0.15, 0.2) is 18.2 Å². The van der Waals surface area contributed by atoms with Gasteiger partial charge in [0.25, 0.3) is 5.69 Å². The first-order valence-electron chi connectivity index (χ1n) is 7.58. The van der Waals surface area contributed by atoms with Crippen molar-refractivity contribution < 1.29 is 9.72 Å². The molecule has 0 aliphatic heterocycles. The minimum atomic E-state index is -0.428. The lowest BCUT2D eigenvalue weighted by atomic mass is 9.84. The number of carbonyl (C=O) groups is 1. The largest absolute Gasteiger partial charge is 0.377 e. The van der Waals surface area contributed by atoms with Crippen LogP contribution in [0.25, 0.3) is 0 Å². The first-order valence-corrected chi connectivity index (χ1v) is 7.58. The van der Waals surface area contributed by atoms with Crippen molar-refractivity contribution in [3.05, 3.63) is 33.9 Å². The molecule has 1 N–H and O–H groups in total. The topological polar surface area (TPSA) is 72.2 Å². The fourth-order valence-electron chi connectivity index (χ4n) is 4.15. The van der Waals surface area contributed by atoms with Crippen LogP contribution in [0.3, 0.4) is 0 Å². The van der Waals surface area contributed by atoms with Gasteiger partial charge in [-0.15, -0.1) is 0 Å². The Morgan fingerprint density at radius 2 is 2.19 bits per heavy atom. The normalized spacial score (nSPS) is 28.3. The number of carbonyl (C=O) groups excluding carboxylic acids is 1. The molecule has 2 saturated carbocycles. The molecule has 112 valence electrons. The van der Waals surface area contributed by atoms with Crippen LogP contribution in [0.5, 0.6) is 0 Å². The van der Waals surface area contributed by atoms with Gasteiger partial charge in [-0.3, -0.25) is 14.9 Å². The first-order chi connectivity index (χ1) is 10.1. The molecular weight excluding hydrogens is 268 g/mol. The number of anilines is 1. The summed E-state index contributed by atoms with van der Waals surface area (Å²) in [6.07, 6.45) is 5.84. The summed E-state index contributed by atoms with van der Waals surface area (Å²) in [4.78, 5) is 21.5. The van der Waals surface area contributed by atoms with Crippen molar-refractivity contribution in [2.24, 2.45) is 17.8 Å². The highest BCUT2D eigenvalue weighted by molar-refractivity contribution is 5.79. The van der Waals surface area contributed by atoms with Crippen molar-refractivity contribution in [3.8, 4) is 0 Å². The minimum absolute atomic E-state index is 0.0189. The number of aldehydes is 1. The lowest BCUT2D eigenvalue weighted by Gasteiger charge is -2.29. The van der Waals surface area contributed by atoms with E-state index in [0.717, 1.165) is 11.8 Å². The highest BCUT2D eigenvalue weighted by Crippen LogP contribution is 2.50. The van der Waals surface area contributed by atoms with Crippen LogP contribution in [0, 0.1) is 27.9 Å². The summed E-state index contributed by atoms with van der Waals surface area (Å²) in [5, 5.41) is 14.5. The second-order valence-electron chi connectivity index (χ2n) is 6.42. The van der Waals surface area contributed by atoms with Crippen LogP contribution in [0.1, 0.15) is 43.0 Å². The van der Waals surface area contributed by atoms with E-state index in [-0.39, 0.29) is 11.7 Å². The van der Waals surface area contributed by atoms with E-state index in [2.05, 4.69) is 12.2 Å². The van der Waals surface area contributed by atoms with E-state index in [1.54, 1.807) is 12.1 Å². The standard InChI is InChI=1S/C16H20N2O3/c1-10(14-7-11-2-4-13(14)6-11)17-15-5-3-12(9-19)8-16(15)18(20)21/h3,5,8-11,13-14,17H,2,4,6-7H2,1H3. The third kappa shape index (κ3) is 2.64.